The van der Waals surface area contributed by atoms with Crippen molar-refractivity contribution in [1.82, 2.24) is 0 Å². The van der Waals surface area contributed by atoms with Gasteiger partial charge in [-0.2, -0.15) is 0 Å². The van der Waals surface area contributed by atoms with Gasteiger partial charge >= 0.3 is 0 Å². The summed E-state index contributed by atoms with van der Waals surface area (Å²) in [4.78, 5) is 1.89. The predicted octanol–water partition coefficient (Wildman–Crippen LogP) is -6.38. The minimum absolute atomic E-state index is 0. The molecule has 2 nitrogen and oxygen atoms in total. The molecule has 1 saturated carbocycles. The highest BCUT2D eigenvalue weighted by Gasteiger charge is 2.44. The van der Waals surface area contributed by atoms with Gasteiger partial charge in [0.1, 0.15) is 12.1 Å². The van der Waals surface area contributed by atoms with Crippen LogP contribution in [0, 0.1) is 0 Å². The molecular formula is C11H24Cl2N2. The summed E-state index contributed by atoms with van der Waals surface area (Å²) in [5.41, 5.74) is 4.81. The summed E-state index contributed by atoms with van der Waals surface area (Å²) in [6, 6.07) is 0. The molecule has 2 rings (SSSR count). The molecule has 2 aliphatic rings. The zero-order chi connectivity index (χ0) is 9.15. The fourth-order valence-electron chi connectivity index (χ4n) is 3.34. The molecule has 0 radical (unpaired) electrons. The summed E-state index contributed by atoms with van der Waals surface area (Å²) in [6.45, 7) is 4.02. The third kappa shape index (κ3) is 3.23. The largest absolute Gasteiger partial charge is 1.00 e. The van der Waals surface area contributed by atoms with E-state index in [-0.39, 0.29) is 24.8 Å². The van der Waals surface area contributed by atoms with Crippen LogP contribution >= 0.6 is 0 Å². The zero-order valence-electron chi connectivity index (χ0n) is 9.53. The van der Waals surface area contributed by atoms with Gasteiger partial charge in [-0.05, 0) is 32.1 Å². The molecule has 0 amide bonds. The SMILES string of the molecule is [Cl-].[Cl-].[NH3+]CC1([NH+]2CCCCC2)CCCC1. The van der Waals surface area contributed by atoms with Crippen LogP contribution in [0.4, 0.5) is 0 Å². The minimum atomic E-state index is 0. The highest BCUT2D eigenvalue weighted by molar-refractivity contribution is 4.84. The van der Waals surface area contributed by atoms with Crippen LogP contribution in [0.15, 0.2) is 0 Å². The maximum Gasteiger partial charge on any atom is 0.147 e. The maximum atomic E-state index is 4.19. The highest BCUT2D eigenvalue weighted by atomic mass is 35.5. The molecule has 1 heterocycles. The van der Waals surface area contributed by atoms with Crippen molar-refractivity contribution in [2.24, 2.45) is 0 Å². The molecule has 0 unspecified atom stereocenters. The van der Waals surface area contributed by atoms with Gasteiger partial charge in [-0.25, -0.2) is 0 Å². The Bertz CT molecular complexity index is 164. The second-order valence-electron chi connectivity index (χ2n) is 4.90. The molecule has 0 bridgehead atoms. The van der Waals surface area contributed by atoms with Crippen LogP contribution in [0.2, 0.25) is 0 Å². The summed E-state index contributed by atoms with van der Waals surface area (Å²) in [5.74, 6) is 0. The molecule has 1 saturated heterocycles. The van der Waals surface area contributed by atoms with E-state index in [1.54, 1.807) is 0 Å². The first-order chi connectivity index (χ1) is 6.37. The van der Waals surface area contributed by atoms with Crippen molar-refractivity contribution < 1.29 is 35.4 Å². The molecule has 15 heavy (non-hydrogen) atoms. The van der Waals surface area contributed by atoms with E-state index in [1.165, 1.54) is 64.6 Å². The van der Waals surface area contributed by atoms with E-state index >= 15 is 0 Å². The highest BCUT2D eigenvalue weighted by Crippen LogP contribution is 2.26. The number of quaternary nitrogens is 2. The predicted molar refractivity (Wildman–Crippen MR) is 53.5 cm³/mol. The van der Waals surface area contributed by atoms with Crippen molar-refractivity contribution in [3.05, 3.63) is 0 Å². The Morgan fingerprint density at radius 2 is 1.40 bits per heavy atom. The van der Waals surface area contributed by atoms with Crippen LogP contribution in [-0.4, -0.2) is 25.2 Å². The van der Waals surface area contributed by atoms with Gasteiger partial charge in [0.25, 0.3) is 0 Å². The Balaban J connectivity index is 0.000000980. The third-order valence-corrected chi connectivity index (χ3v) is 4.25. The average Bonchev–Trinajstić information content (AvgIpc) is 2.69. The fraction of sp³-hybridized carbons (Fsp3) is 1.00. The van der Waals surface area contributed by atoms with Crippen LogP contribution in [-0.2, 0) is 0 Å². The molecule has 1 aliphatic carbocycles. The quantitative estimate of drug-likeness (QED) is 0.492. The van der Waals surface area contributed by atoms with Gasteiger partial charge in [0.2, 0.25) is 0 Å². The van der Waals surface area contributed by atoms with Crippen molar-refractivity contribution in [2.45, 2.75) is 50.5 Å². The Hall–Kier alpha value is 0.500. The van der Waals surface area contributed by atoms with Crippen LogP contribution in [0.5, 0.6) is 0 Å². The molecule has 0 aromatic rings. The van der Waals surface area contributed by atoms with Crippen molar-refractivity contribution in [2.75, 3.05) is 19.6 Å². The molecule has 0 aromatic heterocycles. The topological polar surface area (TPSA) is 32.1 Å². The minimum Gasteiger partial charge on any atom is -1.00 e. The second kappa shape index (κ2) is 6.95. The van der Waals surface area contributed by atoms with Gasteiger partial charge in [-0.15, -0.1) is 0 Å². The van der Waals surface area contributed by atoms with Gasteiger partial charge in [-0.1, -0.05) is 0 Å². The number of hydrogen-bond acceptors (Lipinski definition) is 0. The summed E-state index contributed by atoms with van der Waals surface area (Å²) >= 11 is 0. The molecule has 0 atom stereocenters. The first kappa shape index (κ1) is 15.5. The molecule has 2 fully saturated rings. The Labute approximate surface area is 106 Å². The van der Waals surface area contributed by atoms with Crippen molar-refractivity contribution in [1.29, 1.82) is 0 Å². The second-order valence-corrected chi connectivity index (χ2v) is 4.90. The van der Waals surface area contributed by atoms with Gasteiger partial charge in [0, 0.05) is 12.8 Å². The van der Waals surface area contributed by atoms with Crippen molar-refractivity contribution in [3.8, 4) is 0 Å². The van der Waals surface area contributed by atoms with E-state index in [0.717, 1.165) is 0 Å². The molecular weight excluding hydrogens is 231 g/mol. The van der Waals surface area contributed by atoms with E-state index in [1.807, 2.05) is 4.90 Å². The summed E-state index contributed by atoms with van der Waals surface area (Å²) in [7, 11) is 0. The van der Waals surface area contributed by atoms with Crippen LogP contribution in [0.1, 0.15) is 44.9 Å². The maximum absolute atomic E-state index is 4.19. The van der Waals surface area contributed by atoms with Crippen LogP contribution < -0.4 is 35.4 Å². The molecule has 0 aromatic carbocycles. The number of nitrogens with one attached hydrogen (secondary N) is 1. The number of halogens is 2. The summed E-state index contributed by atoms with van der Waals surface area (Å²) in [6.07, 6.45) is 10.2. The lowest BCUT2D eigenvalue weighted by atomic mass is 9.92. The number of rotatable bonds is 2. The third-order valence-electron chi connectivity index (χ3n) is 4.25. The number of likely N-dealkylation sites (tertiary alicyclic amines) is 1. The lowest BCUT2D eigenvalue weighted by molar-refractivity contribution is -0.962. The zero-order valence-corrected chi connectivity index (χ0v) is 11.0. The normalized spacial score (nSPS) is 25.4. The first-order valence-electron chi connectivity index (χ1n) is 6.02. The monoisotopic (exact) mass is 254 g/mol. The standard InChI is InChI=1S/C11H22N2.2ClH/c12-10-11(6-2-3-7-11)13-8-4-1-5-9-13;;/h1-10,12H2;2*1H. The smallest absolute Gasteiger partial charge is 0.147 e. The van der Waals surface area contributed by atoms with Crippen LogP contribution in [0.3, 0.4) is 0 Å². The Morgan fingerprint density at radius 1 is 0.867 bits per heavy atom. The Kier molecular flexibility index (Phi) is 7.18. The van der Waals surface area contributed by atoms with Crippen LogP contribution in [0.25, 0.3) is 0 Å². The van der Waals surface area contributed by atoms with Gasteiger partial charge in [-0.3, -0.25) is 0 Å². The molecule has 0 spiro atoms. The fourth-order valence-corrected chi connectivity index (χ4v) is 3.34. The van der Waals surface area contributed by atoms with E-state index in [2.05, 4.69) is 5.73 Å². The van der Waals surface area contributed by atoms with E-state index < -0.39 is 0 Å². The molecule has 1 aliphatic heterocycles. The van der Waals surface area contributed by atoms with Gasteiger partial charge in [0.15, 0.2) is 0 Å². The molecule has 4 heteroatoms. The Morgan fingerprint density at radius 3 is 1.87 bits per heavy atom. The lowest BCUT2D eigenvalue weighted by Gasteiger charge is -2.38. The number of hydrogen-bond donors (Lipinski definition) is 2. The van der Waals surface area contributed by atoms with E-state index in [9.17, 15) is 0 Å². The van der Waals surface area contributed by atoms with Gasteiger partial charge < -0.3 is 35.4 Å². The van der Waals surface area contributed by atoms with Gasteiger partial charge in [0.05, 0.1) is 13.1 Å². The van der Waals surface area contributed by atoms with Crippen molar-refractivity contribution >= 4 is 0 Å². The first-order valence-corrected chi connectivity index (χ1v) is 6.02. The number of piperidine rings is 1. The van der Waals surface area contributed by atoms with E-state index in [0.29, 0.717) is 5.54 Å². The summed E-state index contributed by atoms with van der Waals surface area (Å²) in [5, 5.41) is 0. The molecule has 4 N–H and O–H groups in total. The lowest BCUT2D eigenvalue weighted by Crippen LogP contribution is -3.22. The summed E-state index contributed by atoms with van der Waals surface area (Å²) < 4.78 is 0. The molecule has 92 valence electrons. The average molecular weight is 255 g/mol. The van der Waals surface area contributed by atoms with E-state index in [4.69, 9.17) is 0 Å². The van der Waals surface area contributed by atoms with Crippen molar-refractivity contribution in [3.63, 3.8) is 0 Å².